The van der Waals surface area contributed by atoms with E-state index in [4.69, 9.17) is 9.47 Å². The van der Waals surface area contributed by atoms with Crippen LogP contribution in [0.5, 0.6) is 11.5 Å². The molecule has 0 spiro atoms. The van der Waals surface area contributed by atoms with E-state index >= 15 is 0 Å². The van der Waals surface area contributed by atoms with Crippen molar-refractivity contribution >= 4 is 17.7 Å². The van der Waals surface area contributed by atoms with Gasteiger partial charge in [0.25, 0.3) is 0 Å². The molecule has 0 saturated heterocycles. The molecule has 0 aliphatic rings. The molecule has 0 aliphatic heterocycles. The molecule has 2 aromatic carbocycles. The number of rotatable bonds is 8. The van der Waals surface area contributed by atoms with Crippen LogP contribution in [-0.4, -0.2) is 40.1 Å². The predicted octanol–water partition coefficient (Wildman–Crippen LogP) is 3.08. The fraction of sp³-hybridized carbons (Fsp3) is 0.250. The Morgan fingerprint density at radius 2 is 1.89 bits per heavy atom. The summed E-state index contributed by atoms with van der Waals surface area (Å²) in [5.41, 5.74) is 1.85. The zero-order valence-electron chi connectivity index (χ0n) is 16.0. The van der Waals surface area contributed by atoms with E-state index in [1.807, 2.05) is 55.5 Å². The van der Waals surface area contributed by atoms with Crippen LogP contribution >= 0.6 is 11.8 Å². The van der Waals surface area contributed by atoms with Crippen molar-refractivity contribution in [3.63, 3.8) is 0 Å². The van der Waals surface area contributed by atoms with Crippen molar-refractivity contribution in [2.75, 3.05) is 14.2 Å². The third kappa shape index (κ3) is 4.83. The van der Waals surface area contributed by atoms with Gasteiger partial charge in [-0.05, 0) is 36.8 Å². The fourth-order valence-electron chi connectivity index (χ4n) is 2.54. The molecular formula is C20H22N4O3S. The molecule has 1 amide bonds. The van der Waals surface area contributed by atoms with Crippen LogP contribution in [0.3, 0.4) is 0 Å². The van der Waals surface area contributed by atoms with Crippen molar-refractivity contribution in [3.8, 4) is 17.2 Å². The van der Waals surface area contributed by atoms with Crippen LogP contribution in [-0.2, 0) is 11.3 Å². The fourth-order valence-corrected chi connectivity index (χ4v) is 3.29. The molecule has 8 heteroatoms. The Balaban J connectivity index is 1.56. The van der Waals surface area contributed by atoms with Crippen LogP contribution in [0.4, 0.5) is 0 Å². The van der Waals surface area contributed by atoms with Crippen LogP contribution in [0, 0.1) is 0 Å². The van der Waals surface area contributed by atoms with E-state index in [0.29, 0.717) is 23.2 Å². The maximum atomic E-state index is 12.4. The number of hydrogen-bond donors (Lipinski definition) is 1. The van der Waals surface area contributed by atoms with Gasteiger partial charge in [0, 0.05) is 6.54 Å². The Kier molecular flexibility index (Phi) is 6.54. The molecule has 0 aliphatic carbocycles. The predicted molar refractivity (Wildman–Crippen MR) is 108 cm³/mol. The van der Waals surface area contributed by atoms with Gasteiger partial charge in [0.05, 0.1) is 25.2 Å². The molecule has 1 heterocycles. The number of thioether (sulfide) groups is 1. The summed E-state index contributed by atoms with van der Waals surface area (Å²) in [5, 5.41) is 7.58. The minimum Gasteiger partial charge on any atom is -0.493 e. The van der Waals surface area contributed by atoms with Gasteiger partial charge in [-0.25, -0.2) is 9.67 Å². The molecule has 0 fully saturated rings. The van der Waals surface area contributed by atoms with Gasteiger partial charge in [0.2, 0.25) is 11.1 Å². The normalized spacial score (nSPS) is 11.7. The Morgan fingerprint density at radius 1 is 1.14 bits per heavy atom. The number of methoxy groups -OCH3 is 2. The summed E-state index contributed by atoms with van der Waals surface area (Å²) in [6.45, 7) is 2.23. The first-order valence-electron chi connectivity index (χ1n) is 8.73. The Labute approximate surface area is 168 Å². The second-order valence-corrected chi connectivity index (χ2v) is 7.28. The Bertz CT molecular complexity index is 930. The number of ether oxygens (including phenoxy) is 2. The second kappa shape index (κ2) is 9.27. The third-order valence-electron chi connectivity index (χ3n) is 4.06. The Hall–Kier alpha value is -3.00. The number of aromatic nitrogens is 3. The molecule has 1 unspecified atom stereocenters. The highest BCUT2D eigenvalue weighted by Crippen LogP contribution is 2.27. The van der Waals surface area contributed by atoms with E-state index in [9.17, 15) is 4.79 Å². The quantitative estimate of drug-likeness (QED) is 0.588. The van der Waals surface area contributed by atoms with Gasteiger partial charge in [0.15, 0.2) is 11.5 Å². The molecule has 7 nitrogen and oxygen atoms in total. The average Bonchev–Trinajstić information content (AvgIpc) is 3.20. The topological polar surface area (TPSA) is 78.3 Å². The van der Waals surface area contributed by atoms with Crippen LogP contribution in [0.2, 0.25) is 0 Å². The summed E-state index contributed by atoms with van der Waals surface area (Å²) in [4.78, 5) is 16.7. The standard InChI is InChI=1S/C20H22N4O3S/c1-14(28-20-22-13-24(23-20)16-7-5-4-6-8-16)19(25)21-12-15-9-10-17(26-2)18(11-15)27-3/h4-11,13-14H,12H2,1-3H3,(H,21,25). The summed E-state index contributed by atoms with van der Waals surface area (Å²) >= 11 is 1.32. The second-order valence-electron chi connectivity index (χ2n) is 5.97. The van der Waals surface area contributed by atoms with Crippen LogP contribution in [0.25, 0.3) is 5.69 Å². The lowest BCUT2D eigenvalue weighted by Crippen LogP contribution is -2.30. The minimum atomic E-state index is -0.327. The zero-order chi connectivity index (χ0) is 19.9. The molecule has 1 aromatic heterocycles. The van der Waals surface area contributed by atoms with E-state index < -0.39 is 0 Å². The van der Waals surface area contributed by atoms with E-state index in [2.05, 4.69) is 15.4 Å². The molecule has 0 radical (unpaired) electrons. The van der Waals surface area contributed by atoms with Gasteiger partial charge in [-0.2, -0.15) is 0 Å². The first kappa shape index (κ1) is 19.8. The highest BCUT2D eigenvalue weighted by molar-refractivity contribution is 8.00. The number of para-hydroxylation sites is 1. The summed E-state index contributed by atoms with van der Waals surface area (Å²) in [6, 6.07) is 15.3. The molecule has 0 bridgehead atoms. The van der Waals surface area contributed by atoms with E-state index in [1.165, 1.54) is 11.8 Å². The van der Waals surface area contributed by atoms with Gasteiger partial charge in [-0.15, -0.1) is 5.10 Å². The maximum absolute atomic E-state index is 12.4. The lowest BCUT2D eigenvalue weighted by atomic mass is 10.2. The molecular weight excluding hydrogens is 376 g/mol. The van der Waals surface area contributed by atoms with Gasteiger partial charge < -0.3 is 14.8 Å². The first-order chi connectivity index (χ1) is 13.6. The molecule has 1 atom stereocenters. The Morgan fingerprint density at radius 3 is 2.61 bits per heavy atom. The number of nitrogens with one attached hydrogen (secondary N) is 1. The van der Waals surface area contributed by atoms with Gasteiger partial charge in [-0.1, -0.05) is 36.0 Å². The highest BCUT2D eigenvalue weighted by Gasteiger charge is 2.17. The first-order valence-corrected chi connectivity index (χ1v) is 9.61. The van der Waals surface area contributed by atoms with Crippen molar-refractivity contribution in [2.24, 2.45) is 0 Å². The van der Waals surface area contributed by atoms with Crippen LogP contribution in [0.1, 0.15) is 12.5 Å². The lowest BCUT2D eigenvalue weighted by molar-refractivity contribution is -0.120. The maximum Gasteiger partial charge on any atom is 0.233 e. The largest absolute Gasteiger partial charge is 0.493 e. The molecule has 3 aromatic rings. The van der Waals surface area contributed by atoms with Crippen molar-refractivity contribution in [2.45, 2.75) is 23.9 Å². The smallest absolute Gasteiger partial charge is 0.233 e. The number of nitrogens with zero attached hydrogens (tertiary/aromatic N) is 3. The number of hydrogen-bond acceptors (Lipinski definition) is 6. The molecule has 28 heavy (non-hydrogen) atoms. The summed E-state index contributed by atoms with van der Waals surface area (Å²) in [7, 11) is 3.17. The van der Waals surface area contributed by atoms with Crippen LogP contribution < -0.4 is 14.8 Å². The molecule has 1 N–H and O–H groups in total. The monoisotopic (exact) mass is 398 g/mol. The summed E-state index contributed by atoms with van der Waals surface area (Å²) in [6.07, 6.45) is 1.64. The van der Waals surface area contributed by atoms with Crippen LogP contribution in [0.15, 0.2) is 60.0 Å². The average molecular weight is 398 g/mol. The van der Waals surface area contributed by atoms with Crippen molar-refractivity contribution in [3.05, 3.63) is 60.4 Å². The summed E-state index contributed by atoms with van der Waals surface area (Å²) in [5.74, 6) is 1.20. The number of carbonyl (C=O) groups excluding carboxylic acids is 1. The van der Waals surface area contributed by atoms with Crippen molar-refractivity contribution in [1.82, 2.24) is 20.1 Å². The van der Waals surface area contributed by atoms with Crippen molar-refractivity contribution in [1.29, 1.82) is 0 Å². The SMILES string of the molecule is COc1ccc(CNC(=O)C(C)Sc2ncn(-c3ccccc3)n2)cc1OC. The van der Waals surface area contributed by atoms with E-state index in [-0.39, 0.29) is 11.2 Å². The number of amides is 1. The van der Waals surface area contributed by atoms with Crippen molar-refractivity contribution < 1.29 is 14.3 Å². The summed E-state index contributed by atoms with van der Waals surface area (Å²) < 4.78 is 12.2. The molecule has 3 rings (SSSR count). The number of carbonyl (C=O) groups is 1. The molecule has 146 valence electrons. The third-order valence-corrected chi connectivity index (χ3v) is 5.02. The van der Waals surface area contributed by atoms with E-state index in [0.717, 1.165) is 11.3 Å². The minimum absolute atomic E-state index is 0.0872. The van der Waals surface area contributed by atoms with E-state index in [1.54, 1.807) is 25.2 Å². The van der Waals surface area contributed by atoms with Gasteiger partial charge >= 0.3 is 0 Å². The van der Waals surface area contributed by atoms with Gasteiger partial charge in [0.1, 0.15) is 6.33 Å². The highest BCUT2D eigenvalue weighted by atomic mass is 32.2. The zero-order valence-corrected chi connectivity index (χ0v) is 16.8. The molecule has 0 saturated carbocycles. The number of benzene rings is 2. The van der Waals surface area contributed by atoms with Gasteiger partial charge in [-0.3, -0.25) is 4.79 Å². The lowest BCUT2D eigenvalue weighted by Gasteiger charge is -2.12.